The van der Waals surface area contributed by atoms with Crippen molar-refractivity contribution in [3.63, 3.8) is 0 Å². The lowest BCUT2D eigenvalue weighted by Gasteiger charge is -2.07. The monoisotopic (exact) mass is 225 g/mol. The molecule has 0 aliphatic carbocycles. The molecular formula is C12H19NOS. The first-order valence-electron chi connectivity index (χ1n) is 5.28. The van der Waals surface area contributed by atoms with E-state index in [2.05, 4.69) is 23.7 Å². The summed E-state index contributed by atoms with van der Waals surface area (Å²) in [6.45, 7) is 4.70. The van der Waals surface area contributed by atoms with Crippen molar-refractivity contribution in [3.05, 3.63) is 29.8 Å². The molecule has 0 aliphatic heterocycles. The summed E-state index contributed by atoms with van der Waals surface area (Å²) in [4.78, 5) is 0. The van der Waals surface area contributed by atoms with Gasteiger partial charge in [-0.05, 0) is 30.9 Å². The fourth-order valence-corrected chi connectivity index (χ4v) is 1.67. The van der Waals surface area contributed by atoms with Crippen LogP contribution in [0.15, 0.2) is 24.3 Å². The molecule has 0 unspecified atom stereocenters. The maximum atomic E-state index is 5.44. The van der Waals surface area contributed by atoms with E-state index in [1.807, 2.05) is 30.8 Å². The summed E-state index contributed by atoms with van der Waals surface area (Å²) in [6, 6.07) is 8.25. The van der Waals surface area contributed by atoms with Gasteiger partial charge in [0.05, 0.1) is 6.61 Å². The molecule has 0 amide bonds. The normalized spacial score (nSPS) is 10.3. The Morgan fingerprint density at radius 2 is 2.27 bits per heavy atom. The number of rotatable bonds is 7. The third kappa shape index (κ3) is 5.09. The molecule has 1 aromatic carbocycles. The first-order chi connectivity index (χ1) is 7.36. The molecular weight excluding hydrogens is 206 g/mol. The van der Waals surface area contributed by atoms with E-state index in [4.69, 9.17) is 4.74 Å². The van der Waals surface area contributed by atoms with Crippen LogP contribution in [0.2, 0.25) is 0 Å². The standard InChI is InChI=1S/C12H19NOS/c1-3-14-12-6-4-5-11(9-12)10-13-7-8-15-2/h4-6,9,13H,3,7-8,10H2,1-2H3. The zero-order valence-corrected chi connectivity index (χ0v) is 10.3. The molecule has 0 radical (unpaired) electrons. The average molecular weight is 225 g/mol. The van der Waals surface area contributed by atoms with Gasteiger partial charge in [-0.2, -0.15) is 11.8 Å². The second-order valence-corrected chi connectivity index (χ2v) is 4.24. The van der Waals surface area contributed by atoms with Gasteiger partial charge < -0.3 is 10.1 Å². The van der Waals surface area contributed by atoms with Gasteiger partial charge in [-0.15, -0.1) is 0 Å². The van der Waals surface area contributed by atoms with Crippen LogP contribution in [0.4, 0.5) is 0 Å². The van der Waals surface area contributed by atoms with Gasteiger partial charge in [0.1, 0.15) is 5.75 Å². The van der Waals surface area contributed by atoms with Gasteiger partial charge in [0.25, 0.3) is 0 Å². The minimum Gasteiger partial charge on any atom is -0.494 e. The molecule has 0 fully saturated rings. The van der Waals surface area contributed by atoms with Crippen LogP contribution in [-0.4, -0.2) is 25.2 Å². The van der Waals surface area contributed by atoms with Crippen LogP contribution in [0.1, 0.15) is 12.5 Å². The Balaban J connectivity index is 2.36. The topological polar surface area (TPSA) is 21.3 Å². The van der Waals surface area contributed by atoms with Crippen molar-refractivity contribution in [1.29, 1.82) is 0 Å². The van der Waals surface area contributed by atoms with Crippen molar-refractivity contribution in [1.82, 2.24) is 5.32 Å². The number of benzene rings is 1. The van der Waals surface area contributed by atoms with Gasteiger partial charge in [-0.25, -0.2) is 0 Å². The van der Waals surface area contributed by atoms with Gasteiger partial charge in [-0.3, -0.25) is 0 Å². The minimum atomic E-state index is 0.726. The zero-order chi connectivity index (χ0) is 10.9. The predicted octanol–water partition coefficient (Wildman–Crippen LogP) is 2.54. The van der Waals surface area contributed by atoms with Gasteiger partial charge in [0.15, 0.2) is 0 Å². The molecule has 1 aromatic rings. The average Bonchev–Trinajstić information content (AvgIpc) is 2.26. The van der Waals surface area contributed by atoms with Crippen molar-refractivity contribution >= 4 is 11.8 Å². The summed E-state index contributed by atoms with van der Waals surface area (Å²) in [5.41, 5.74) is 1.28. The van der Waals surface area contributed by atoms with Gasteiger partial charge in [0.2, 0.25) is 0 Å². The largest absolute Gasteiger partial charge is 0.494 e. The van der Waals surface area contributed by atoms with E-state index in [0.717, 1.165) is 31.2 Å². The Morgan fingerprint density at radius 1 is 1.40 bits per heavy atom. The Labute approximate surface area is 96.4 Å². The second kappa shape index (κ2) is 7.60. The highest BCUT2D eigenvalue weighted by molar-refractivity contribution is 7.98. The van der Waals surface area contributed by atoms with Crippen LogP contribution >= 0.6 is 11.8 Å². The summed E-state index contributed by atoms with van der Waals surface area (Å²) in [5, 5.41) is 3.40. The first kappa shape index (κ1) is 12.4. The van der Waals surface area contributed by atoms with Crippen molar-refractivity contribution < 1.29 is 4.74 Å². The molecule has 84 valence electrons. The number of hydrogen-bond donors (Lipinski definition) is 1. The third-order valence-electron chi connectivity index (χ3n) is 2.02. The van der Waals surface area contributed by atoms with Crippen LogP contribution in [0.3, 0.4) is 0 Å². The van der Waals surface area contributed by atoms with E-state index in [1.165, 1.54) is 5.56 Å². The van der Waals surface area contributed by atoms with E-state index < -0.39 is 0 Å². The van der Waals surface area contributed by atoms with E-state index >= 15 is 0 Å². The van der Waals surface area contributed by atoms with Crippen LogP contribution in [0, 0.1) is 0 Å². The van der Waals surface area contributed by atoms with E-state index in [9.17, 15) is 0 Å². The summed E-state index contributed by atoms with van der Waals surface area (Å²) in [7, 11) is 0. The van der Waals surface area contributed by atoms with E-state index in [1.54, 1.807) is 0 Å². The highest BCUT2D eigenvalue weighted by Crippen LogP contribution is 2.12. The minimum absolute atomic E-state index is 0.726. The fourth-order valence-electron chi connectivity index (χ4n) is 1.32. The molecule has 0 saturated heterocycles. The molecule has 0 bridgehead atoms. The molecule has 0 heterocycles. The van der Waals surface area contributed by atoms with Crippen LogP contribution in [-0.2, 0) is 6.54 Å². The molecule has 0 aromatic heterocycles. The molecule has 0 aliphatic rings. The summed E-state index contributed by atoms with van der Waals surface area (Å²) in [5.74, 6) is 2.12. The molecule has 2 nitrogen and oxygen atoms in total. The van der Waals surface area contributed by atoms with Crippen LogP contribution in [0.5, 0.6) is 5.75 Å². The number of hydrogen-bond acceptors (Lipinski definition) is 3. The van der Waals surface area contributed by atoms with Gasteiger partial charge >= 0.3 is 0 Å². The second-order valence-electron chi connectivity index (χ2n) is 3.25. The predicted molar refractivity (Wildman–Crippen MR) is 67.7 cm³/mol. The Morgan fingerprint density at radius 3 is 3.00 bits per heavy atom. The Kier molecular flexibility index (Phi) is 6.28. The maximum Gasteiger partial charge on any atom is 0.119 e. The molecule has 0 saturated carbocycles. The zero-order valence-electron chi connectivity index (χ0n) is 9.45. The summed E-state index contributed by atoms with van der Waals surface area (Å²) >= 11 is 1.86. The van der Waals surface area contributed by atoms with Crippen molar-refractivity contribution in [3.8, 4) is 5.75 Å². The number of ether oxygens (including phenoxy) is 1. The lowest BCUT2D eigenvalue weighted by molar-refractivity contribution is 0.340. The lowest BCUT2D eigenvalue weighted by atomic mass is 10.2. The first-order valence-corrected chi connectivity index (χ1v) is 6.67. The van der Waals surface area contributed by atoms with Crippen molar-refractivity contribution in [2.75, 3.05) is 25.2 Å². The third-order valence-corrected chi connectivity index (χ3v) is 2.63. The van der Waals surface area contributed by atoms with E-state index in [0.29, 0.717) is 0 Å². The van der Waals surface area contributed by atoms with Crippen LogP contribution in [0.25, 0.3) is 0 Å². The van der Waals surface area contributed by atoms with Crippen LogP contribution < -0.4 is 10.1 Å². The molecule has 0 spiro atoms. The highest BCUT2D eigenvalue weighted by atomic mass is 32.2. The molecule has 1 rings (SSSR count). The van der Waals surface area contributed by atoms with Crippen molar-refractivity contribution in [2.45, 2.75) is 13.5 Å². The van der Waals surface area contributed by atoms with Gasteiger partial charge in [0, 0.05) is 18.8 Å². The SMILES string of the molecule is CCOc1cccc(CNCCSC)c1. The highest BCUT2D eigenvalue weighted by Gasteiger charge is 1.95. The Bertz CT molecular complexity index is 278. The smallest absolute Gasteiger partial charge is 0.119 e. The quantitative estimate of drug-likeness (QED) is 0.721. The maximum absolute atomic E-state index is 5.44. The fraction of sp³-hybridized carbons (Fsp3) is 0.500. The molecule has 15 heavy (non-hydrogen) atoms. The number of nitrogens with one attached hydrogen (secondary N) is 1. The van der Waals surface area contributed by atoms with E-state index in [-0.39, 0.29) is 0 Å². The number of thioether (sulfide) groups is 1. The Hall–Kier alpha value is -0.670. The molecule has 3 heteroatoms. The molecule has 0 atom stereocenters. The lowest BCUT2D eigenvalue weighted by Crippen LogP contribution is -2.16. The van der Waals surface area contributed by atoms with Gasteiger partial charge in [-0.1, -0.05) is 12.1 Å². The summed E-state index contributed by atoms with van der Waals surface area (Å²) < 4.78 is 5.44. The summed E-state index contributed by atoms with van der Waals surface area (Å²) in [6.07, 6.45) is 2.12. The molecule has 1 N–H and O–H groups in total. The van der Waals surface area contributed by atoms with Crippen molar-refractivity contribution in [2.24, 2.45) is 0 Å².